The van der Waals surface area contributed by atoms with Gasteiger partial charge in [-0.25, -0.2) is 22.4 Å². The third-order valence-corrected chi connectivity index (χ3v) is 30.0. The number of methoxy groups -OCH3 is 1. The molecule has 6 unspecified atom stereocenters. The number of aromatic amines is 6. The molecule has 12 heterocycles. The van der Waals surface area contributed by atoms with Crippen LogP contribution in [0.1, 0.15) is 162 Å². The molecule has 0 bridgehead atoms. The lowest BCUT2D eigenvalue weighted by Gasteiger charge is -2.38. The number of halogens is 14. The molecule has 11 N–H and O–H groups in total. The number of hydrogen-bond donors (Lipinski definition) is 11. The molecular weight excluding hydrogens is 2170 g/mol. The number of carbonyl (C=O) groups excluding carboxylic acids is 1. The second-order valence-corrected chi connectivity index (χ2v) is 41.8. The maximum absolute atomic E-state index is 14.5. The van der Waals surface area contributed by atoms with E-state index in [-0.39, 0.29) is 35.8 Å². The highest BCUT2D eigenvalue weighted by molar-refractivity contribution is 9.11. The van der Waals surface area contributed by atoms with Gasteiger partial charge in [0.15, 0.2) is 5.11 Å². The number of H-pyrrole nitrogens is 6. The van der Waals surface area contributed by atoms with Crippen LogP contribution in [-0.2, 0) is 49.4 Å². The lowest BCUT2D eigenvalue weighted by molar-refractivity contribution is -0.137. The molecule has 6 aliphatic rings. The zero-order chi connectivity index (χ0) is 97.6. The average molecular weight is 2270 g/mol. The Balaban J connectivity index is 0.000000107. The number of ether oxygens (including phenoxy) is 1. The highest BCUT2D eigenvalue weighted by Crippen LogP contribution is 2.46. The quantitative estimate of drug-likeness (QED) is 0.0545. The number of thiocarbonyl (C=S) groups is 1. The third-order valence-electron chi connectivity index (χ3n) is 26.7. The van der Waals surface area contributed by atoms with Gasteiger partial charge in [0.1, 0.15) is 29.3 Å². The van der Waals surface area contributed by atoms with Crippen LogP contribution < -0.4 is 26.6 Å². The molecular formula is C110H95Br5Cl2F7N13O2S. The summed E-state index contributed by atoms with van der Waals surface area (Å²) in [6, 6.07) is 76.5. The van der Waals surface area contributed by atoms with Crippen LogP contribution in [0.25, 0.3) is 65.4 Å². The number of aromatic nitrogens is 6. The zero-order valence-corrected chi connectivity index (χ0v) is 86.4. The molecule has 6 atom stereocenters. The molecule has 0 radical (unpaired) electrons. The second-order valence-electron chi connectivity index (χ2n) is 35.9. The Morgan fingerprint density at radius 3 is 1.16 bits per heavy atom. The highest BCUT2D eigenvalue weighted by Gasteiger charge is 2.40. The van der Waals surface area contributed by atoms with Gasteiger partial charge < -0.3 is 66.1 Å². The summed E-state index contributed by atoms with van der Waals surface area (Å²) in [5.41, 5.74) is 26.7. The molecule has 0 fully saturated rings. The van der Waals surface area contributed by atoms with Crippen molar-refractivity contribution >= 4 is 192 Å². The molecule has 18 aromatic rings. The predicted octanol–water partition coefficient (Wildman–Crippen LogP) is 28.9. The highest BCUT2D eigenvalue weighted by atomic mass is 79.9. The van der Waals surface area contributed by atoms with E-state index in [0.29, 0.717) is 40.3 Å². The number of hydrogen-bond acceptors (Lipinski definition) is 7. The molecule has 30 heteroatoms. The molecule has 0 saturated carbocycles. The smallest absolute Gasteiger partial charge is 0.416 e. The van der Waals surface area contributed by atoms with Crippen molar-refractivity contribution in [2.75, 3.05) is 46.4 Å². The van der Waals surface area contributed by atoms with Gasteiger partial charge in [-0.05, 0) is 297 Å². The summed E-state index contributed by atoms with van der Waals surface area (Å²) in [5.74, 6) is -2.27. The summed E-state index contributed by atoms with van der Waals surface area (Å²) >= 11 is 35.7. The zero-order valence-electron chi connectivity index (χ0n) is 76.1. The van der Waals surface area contributed by atoms with Gasteiger partial charge >= 0.3 is 12.3 Å². The van der Waals surface area contributed by atoms with Crippen LogP contribution in [0, 0.1) is 30.2 Å². The van der Waals surface area contributed by atoms with E-state index in [1.165, 1.54) is 136 Å². The van der Waals surface area contributed by atoms with E-state index in [2.05, 4.69) is 301 Å². The maximum atomic E-state index is 14.5. The molecule has 0 saturated heterocycles. The first-order chi connectivity index (χ1) is 67.5. The molecule has 6 aromatic heterocycles. The number of nitrogens with zero attached hydrogens (tertiary/aromatic N) is 2. The Morgan fingerprint density at radius 1 is 0.393 bits per heavy atom. The van der Waals surface area contributed by atoms with Crippen molar-refractivity contribution in [3.05, 3.63) is 416 Å². The monoisotopic (exact) mass is 2260 g/mol. The molecule has 140 heavy (non-hydrogen) atoms. The van der Waals surface area contributed by atoms with E-state index in [0.717, 1.165) is 184 Å². The van der Waals surface area contributed by atoms with Gasteiger partial charge in [-0.2, -0.15) is 13.2 Å². The van der Waals surface area contributed by atoms with Crippen molar-refractivity contribution in [3.8, 4) is 0 Å². The molecule has 12 aromatic carbocycles. The van der Waals surface area contributed by atoms with E-state index in [1.54, 1.807) is 6.07 Å². The van der Waals surface area contributed by atoms with Crippen LogP contribution in [0.4, 0.5) is 35.5 Å². The number of alkyl halides is 3. The van der Waals surface area contributed by atoms with Crippen molar-refractivity contribution in [1.82, 2.24) is 66.3 Å². The van der Waals surface area contributed by atoms with Gasteiger partial charge in [0, 0.05) is 189 Å². The Hall–Kier alpha value is -10.8. The summed E-state index contributed by atoms with van der Waals surface area (Å²) in [7, 11) is 1.27. The summed E-state index contributed by atoms with van der Waals surface area (Å²) in [6.45, 7) is 11.2. The first-order valence-corrected chi connectivity index (χ1v) is 51.3. The fraction of sp³-hybridized carbons (Fsp3) is 0.218. The first-order valence-electron chi connectivity index (χ1n) is 46.1. The number of rotatable bonds is 7. The summed E-state index contributed by atoms with van der Waals surface area (Å²) in [6.07, 6.45) is 0.510. The number of carbonyl (C=O) groups is 1. The van der Waals surface area contributed by atoms with Crippen molar-refractivity contribution in [1.29, 1.82) is 0 Å². The third kappa shape index (κ3) is 20.8. The largest absolute Gasteiger partial charge is 0.453 e. The summed E-state index contributed by atoms with van der Waals surface area (Å²) < 4.78 is 104. The standard InChI is InChI=1S/C21H22BrN3S.C19H15ClF2N2O2.C18H17BrN2.C18H14ClF3N2.C17H14Br2N2.C17H13BrF2N2/c1-13(2)23-21(26)25-11-10-16-17-12-15(22)8-9-18(17)24-19(16)20(25)14-6-4-3-5-7-14;1-26-19(25)24-7-6-12-13-8-10(20)2-5-16(13)23-17(12)18(24)14-9-11(21)3-4-15(14)22;1-11-2-4-12(5-3-11)17-18-14(8-9-20-17)15-10-13(19)6-7-16(15)21-18;19-12-5-6-15-14(9-12)13-7-8-23-16(17(13)24-15)10-1-3-11(4-2-10)18(20,21)22;18-11-3-1-10(2-4-11)16-17-13(7-8-20-16)14-9-12(19)5-6-15(14)21-17;18-10-1-2-15-14(7-10)13-3-4-21-16(17(13)22-15)9-5-11(19)8-12(20)6-9/h3-9,12-13,20,24H,10-11H2,1-2H3,(H,23,26);2-5,8-9,18,23H,6-7H2,1H3;2-7,10,17,20-21H,8-9H2,1H3;1-6,9,16,23-24H,7-8H2;1-6,9,16,20-21H,7-8H2;1-2,5-8,16,21-22H,3-4H2. The summed E-state index contributed by atoms with van der Waals surface area (Å²) in [4.78, 5) is 37.0. The Labute approximate surface area is 861 Å². The van der Waals surface area contributed by atoms with Gasteiger partial charge in [0.2, 0.25) is 0 Å². The molecule has 15 nitrogen and oxygen atoms in total. The Morgan fingerprint density at radius 2 is 0.750 bits per heavy atom. The molecule has 24 rings (SSSR count). The molecule has 0 aliphatic carbocycles. The van der Waals surface area contributed by atoms with E-state index in [1.807, 2.05) is 42.5 Å². The van der Waals surface area contributed by atoms with Crippen LogP contribution in [-0.4, -0.2) is 103 Å². The second kappa shape index (κ2) is 42.0. The molecule has 716 valence electrons. The van der Waals surface area contributed by atoms with Crippen molar-refractivity contribution in [2.45, 2.75) is 108 Å². The lowest BCUT2D eigenvalue weighted by atomic mass is 9.92. The Kier molecular flexibility index (Phi) is 29.4. The van der Waals surface area contributed by atoms with Crippen LogP contribution >= 0.6 is 115 Å². The molecule has 6 aliphatic heterocycles. The molecule has 1 amide bonds. The molecule has 0 spiro atoms. The lowest BCUT2D eigenvalue weighted by Crippen LogP contribution is -2.47. The minimum atomic E-state index is -4.32. The fourth-order valence-corrected chi connectivity index (χ4v) is 22.9. The van der Waals surface area contributed by atoms with Gasteiger partial charge in [0.05, 0.1) is 42.9 Å². The topological polar surface area (TPSA) is 188 Å². The first kappa shape index (κ1) is 98.0. The van der Waals surface area contributed by atoms with Crippen LogP contribution in [0.5, 0.6) is 0 Å². The number of nitrogens with one attached hydrogen (secondary N) is 11. The fourth-order valence-electron chi connectivity index (χ4n) is 20.4. The number of aryl methyl sites for hydroxylation is 1. The van der Waals surface area contributed by atoms with Crippen LogP contribution in [0.15, 0.2) is 271 Å². The average Bonchev–Trinajstić information content (AvgIpc) is 1.60. The number of benzene rings is 12. The van der Waals surface area contributed by atoms with Gasteiger partial charge in [0.25, 0.3) is 0 Å². The number of fused-ring (bicyclic) bond motifs is 18. The van der Waals surface area contributed by atoms with E-state index in [9.17, 15) is 35.5 Å². The van der Waals surface area contributed by atoms with Crippen molar-refractivity contribution < 1.29 is 40.3 Å². The van der Waals surface area contributed by atoms with Crippen molar-refractivity contribution in [3.63, 3.8) is 0 Å². The number of amides is 1. The summed E-state index contributed by atoms with van der Waals surface area (Å²) in [5, 5.41) is 26.6. The minimum Gasteiger partial charge on any atom is -0.453 e. The SMILES string of the molecule is Brc1ccc(C2NCCc3c2[nH]c2ccc(Br)cc32)cc1.CC(C)NC(=S)N1CCc2c([nH]c3ccc(Br)cc23)C1c1ccccc1.COC(=O)N1CCc2c([nH]c3ccc(Cl)cc23)C1c1cc(F)ccc1F.Cc1ccc(C2NCCc3c2[nH]c2ccc(Br)cc32)cc1.FC(F)(F)c1ccc(C2NCCc3c2[nH]c2ccc(Cl)cc32)cc1.Fc1cc(F)cc(C2NCCc3c2[nH]c2ccc(Br)cc32)c1. The maximum Gasteiger partial charge on any atom is 0.416 e. The van der Waals surface area contributed by atoms with Gasteiger partial charge in [-0.1, -0.05) is 187 Å². The van der Waals surface area contributed by atoms with Gasteiger partial charge in [-0.3, -0.25) is 4.90 Å². The Bertz CT molecular complexity index is 7520. The normalized spacial score (nSPS) is 17.4. The predicted molar refractivity (Wildman–Crippen MR) is 569 cm³/mol. The van der Waals surface area contributed by atoms with Crippen molar-refractivity contribution in [2.24, 2.45) is 0 Å². The van der Waals surface area contributed by atoms with Gasteiger partial charge in [-0.15, -0.1) is 0 Å². The van der Waals surface area contributed by atoms with E-state index < -0.39 is 47.1 Å². The minimum absolute atomic E-state index is 0.0778. The van der Waals surface area contributed by atoms with E-state index in [4.69, 9.17) is 40.2 Å². The van der Waals surface area contributed by atoms with Crippen LogP contribution in [0.3, 0.4) is 0 Å². The van der Waals surface area contributed by atoms with E-state index >= 15 is 0 Å². The van der Waals surface area contributed by atoms with Crippen LogP contribution in [0.2, 0.25) is 10.0 Å².